The van der Waals surface area contributed by atoms with E-state index in [-0.39, 0.29) is 5.91 Å². The molecule has 2 nitrogen and oxygen atoms in total. The van der Waals surface area contributed by atoms with Crippen LogP contribution in [-0.4, -0.2) is 17.9 Å². The fourth-order valence-electron chi connectivity index (χ4n) is 1.61. The Balaban J connectivity index is 2.14. The van der Waals surface area contributed by atoms with Gasteiger partial charge in [-0.05, 0) is 56.1 Å². The van der Waals surface area contributed by atoms with Crippen LogP contribution in [0.15, 0.2) is 38.6 Å². The molecule has 19 heavy (non-hydrogen) atoms. The lowest BCUT2D eigenvalue weighted by Crippen LogP contribution is -2.26. The van der Waals surface area contributed by atoms with Crippen molar-refractivity contribution in [1.29, 1.82) is 0 Å². The minimum atomic E-state index is -0.0342. The zero-order valence-electron chi connectivity index (χ0n) is 9.99. The number of nitrogens with zero attached hydrogens (tertiary/aromatic N) is 1. The van der Waals surface area contributed by atoms with Crippen LogP contribution in [-0.2, 0) is 6.54 Å². The van der Waals surface area contributed by atoms with Crippen molar-refractivity contribution in [2.24, 2.45) is 0 Å². The Labute approximate surface area is 137 Å². The number of carbonyl (C=O) groups excluding carboxylic acids is 1. The highest BCUT2D eigenvalue weighted by Gasteiger charge is 2.15. The molecule has 1 aromatic heterocycles. The maximum Gasteiger partial charge on any atom is 0.255 e. The molecule has 0 atom stereocenters. The minimum absolute atomic E-state index is 0.0342. The molecule has 0 radical (unpaired) electrons. The Morgan fingerprint density at radius 3 is 2.68 bits per heavy atom. The molecule has 0 bridgehead atoms. The van der Waals surface area contributed by atoms with E-state index in [1.165, 1.54) is 0 Å². The topological polar surface area (TPSA) is 20.3 Å². The van der Waals surface area contributed by atoms with Crippen molar-refractivity contribution < 1.29 is 4.79 Å². The van der Waals surface area contributed by atoms with Gasteiger partial charge in [0.15, 0.2) is 0 Å². The van der Waals surface area contributed by atoms with Gasteiger partial charge in [-0.15, -0.1) is 11.3 Å². The summed E-state index contributed by atoms with van der Waals surface area (Å²) in [6.07, 6.45) is 0. The molecule has 0 fully saturated rings. The van der Waals surface area contributed by atoms with Crippen molar-refractivity contribution in [2.45, 2.75) is 6.54 Å². The number of rotatable bonds is 3. The van der Waals surface area contributed by atoms with Crippen molar-refractivity contribution in [2.75, 3.05) is 7.05 Å². The summed E-state index contributed by atoms with van der Waals surface area (Å²) in [7, 11) is 1.79. The number of hydrogen-bond acceptors (Lipinski definition) is 2. The Morgan fingerprint density at radius 2 is 2.11 bits per heavy atom. The van der Waals surface area contributed by atoms with Crippen molar-refractivity contribution in [3.05, 3.63) is 54.1 Å². The fraction of sp³-hybridized carbons (Fsp3) is 0.154. The van der Waals surface area contributed by atoms with E-state index < -0.39 is 0 Å². The molecular weight excluding hydrogens is 413 g/mol. The van der Waals surface area contributed by atoms with Gasteiger partial charge in [0.05, 0.1) is 12.1 Å². The van der Waals surface area contributed by atoms with Crippen LogP contribution in [0.3, 0.4) is 0 Å². The second kappa shape index (κ2) is 6.39. The lowest BCUT2D eigenvalue weighted by Gasteiger charge is -2.17. The van der Waals surface area contributed by atoms with Gasteiger partial charge in [0, 0.05) is 31.3 Å². The predicted octanol–water partition coefficient (Wildman–Crippen LogP) is 5.20. The number of carbonyl (C=O) groups is 1. The minimum Gasteiger partial charge on any atom is -0.337 e. The summed E-state index contributed by atoms with van der Waals surface area (Å²) in [4.78, 5) is 15.2. The Morgan fingerprint density at radius 1 is 1.37 bits per heavy atom. The van der Waals surface area contributed by atoms with Crippen molar-refractivity contribution in [3.8, 4) is 0 Å². The molecular formula is C13H10Br2ClNOS. The van der Waals surface area contributed by atoms with E-state index in [0.29, 0.717) is 21.6 Å². The number of benzene rings is 1. The molecule has 1 aromatic carbocycles. The Hall–Kier alpha value is -0.360. The van der Waals surface area contributed by atoms with Gasteiger partial charge in [0.2, 0.25) is 0 Å². The van der Waals surface area contributed by atoms with E-state index in [1.807, 2.05) is 11.4 Å². The maximum absolute atomic E-state index is 12.3. The third-order valence-corrected chi connectivity index (χ3v) is 5.10. The predicted molar refractivity (Wildman–Crippen MR) is 87.0 cm³/mol. The second-order valence-electron chi connectivity index (χ2n) is 4.02. The lowest BCUT2D eigenvalue weighted by molar-refractivity contribution is 0.0785. The van der Waals surface area contributed by atoms with E-state index >= 15 is 0 Å². The third kappa shape index (κ3) is 3.81. The van der Waals surface area contributed by atoms with Gasteiger partial charge in [0.25, 0.3) is 5.91 Å². The molecule has 0 unspecified atom stereocenters. The monoisotopic (exact) mass is 421 g/mol. The first kappa shape index (κ1) is 15.0. The van der Waals surface area contributed by atoms with Crippen LogP contribution < -0.4 is 0 Å². The molecule has 2 aromatic rings. The first-order valence-corrected chi connectivity index (χ1v) is 8.25. The van der Waals surface area contributed by atoms with Crippen LogP contribution in [0, 0.1) is 0 Å². The van der Waals surface area contributed by atoms with Crippen LogP contribution in [0.5, 0.6) is 0 Å². The molecule has 0 saturated carbocycles. The van der Waals surface area contributed by atoms with E-state index in [9.17, 15) is 4.79 Å². The fourth-order valence-corrected chi connectivity index (χ4v) is 3.97. The molecule has 0 N–H and O–H groups in total. The number of hydrogen-bond donors (Lipinski definition) is 0. The first-order chi connectivity index (χ1) is 8.97. The molecule has 2 rings (SSSR count). The molecule has 6 heteroatoms. The summed E-state index contributed by atoms with van der Waals surface area (Å²) < 4.78 is 1.75. The highest BCUT2D eigenvalue weighted by molar-refractivity contribution is 9.10. The SMILES string of the molecule is CN(Cc1cc(Br)cs1)C(=O)c1ccc(Cl)cc1Br. The average molecular weight is 424 g/mol. The van der Waals surface area contributed by atoms with Crippen LogP contribution in [0.2, 0.25) is 5.02 Å². The van der Waals surface area contributed by atoms with Gasteiger partial charge >= 0.3 is 0 Å². The van der Waals surface area contributed by atoms with Crippen LogP contribution in [0.1, 0.15) is 15.2 Å². The van der Waals surface area contributed by atoms with E-state index in [0.717, 1.165) is 9.35 Å². The van der Waals surface area contributed by atoms with Gasteiger partial charge in [-0.25, -0.2) is 0 Å². The summed E-state index contributed by atoms with van der Waals surface area (Å²) in [5.41, 5.74) is 0.613. The van der Waals surface area contributed by atoms with Crippen molar-refractivity contribution >= 4 is 60.7 Å². The van der Waals surface area contributed by atoms with Crippen molar-refractivity contribution in [3.63, 3.8) is 0 Å². The van der Waals surface area contributed by atoms with Crippen LogP contribution in [0.4, 0.5) is 0 Å². The van der Waals surface area contributed by atoms with Gasteiger partial charge in [-0.3, -0.25) is 4.79 Å². The molecule has 0 spiro atoms. The molecule has 1 heterocycles. The number of thiophene rings is 1. The Bertz CT molecular complexity index is 614. The Kier molecular flexibility index (Phi) is 5.06. The highest BCUT2D eigenvalue weighted by atomic mass is 79.9. The lowest BCUT2D eigenvalue weighted by atomic mass is 10.2. The summed E-state index contributed by atoms with van der Waals surface area (Å²) in [5.74, 6) is -0.0342. The largest absolute Gasteiger partial charge is 0.337 e. The zero-order chi connectivity index (χ0) is 14.0. The van der Waals surface area contributed by atoms with Gasteiger partial charge < -0.3 is 4.90 Å². The average Bonchev–Trinajstić information content (AvgIpc) is 2.74. The van der Waals surface area contributed by atoms with Crippen LogP contribution >= 0.6 is 54.8 Å². The van der Waals surface area contributed by atoms with Crippen LogP contribution in [0.25, 0.3) is 0 Å². The van der Waals surface area contributed by atoms with Gasteiger partial charge in [-0.1, -0.05) is 11.6 Å². The first-order valence-electron chi connectivity index (χ1n) is 5.41. The quantitative estimate of drug-likeness (QED) is 0.665. The number of amides is 1. The molecule has 0 saturated heterocycles. The standard InChI is InChI=1S/C13H10Br2ClNOS/c1-17(6-10-4-8(14)7-19-10)13(18)11-3-2-9(16)5-12(11)15/h2-5,7H,6H2,1H3. The van der Waals surface area contributed by atoms with Gasteiger partial charge in [-0.2, -0.15) is 0 Å². The van der Waals surface area contributed by atoms with Gasteiger partial charge in [0.1, 0.15) is 0 Å². The molecule has 1 amide bonds. The smallest absolute Gasteiger partial charge is 0.255 e. The number of halogens is 3. The van der Waals surface area contributed by atoms with E-state index in [4.69, 9.17) is 11.6 Å². The highest BCUT2D eigenvalue weighted by Crippen LogP contribution is 2.24. The normalized spacial score (nSPS) is 10.5. The second-order valence-corrected chi connectivity index (χ2v) is 7.22. The third-order valence-electron chi connectivity index (χ3n) is 2.52. The maximum atomic E-state index is 12.3. The van der Waals surface area contributed by atoms with Crippen molar-refractivity contribution in [1.82, 2.24) is 4.90 Å². The summed E-state index contributed by atoms with van der Waals surface area (Å²) in [6.45, 7) is 0.587. The van der Waals surface area contributed by atoms with E-state index in [2.05, 4.69) is 31.9 Å². The molecule has 0 aliphatic rings. The molecule has 0 aliphatic heterocycles. The summed E-state index contributed by atoms with van der Waals surface area (Å²) in [6, 6.07) is 7.19. The zero-order valence-corrected chi connectivity index (χ0v) is 14.7. The molecule has 0 aliphatic carbocycles. The summed E-state index contributed by atoms with van der Waals surface area (Å²) in [5, 5.41) is 2.61. The molecule has 100 valence electrons. The van der Waals surface area contributed by atoms with E-state index in [1.54, 1.807) is 41.5 Å². The summed E-state index contributed by atoms with van der Waals surface area (Å²) >= 11 is 14.3.